The summed E-state index contributed by atoms with van der Waals surface area (Å²) in [5.74, 6) is 0.626. The lowest BCUT2D eigenvalue weighted by molar-refractivity contribution is 0.0505. The fourth-order valence-electron chi connectivity index (χ4n) is 1.70. The Kier molecular flexibility index (Phi) is 3.70. The molecule has 0 radical (unpaired) electrons. The number of methoxy groups -OCH3 is 1. The van der Waals surface area contributed by atoms with Gasteiger partial charge in [0.05, 0.1) is 24.2 Å². The predicted octanol–water partition coefficient (Wildman–Crippen LogP) is -0.181. The van der Waals surface area contributed by atoms with Crippen LogP contribution in [0.3, 0.4) is 0 Å². The lowest BCUT2D eigenvalue weighted by atomic mass is 10.0. The molecule has 1 N–H and O–H groups in total. The van der Waals surface area contributed by atoms with E-state index >= 15 is 0 Å². The molecule has 1 aliphatic rings. The van der Waals surface area contributed by atoms with Gasteiger partial charge >= 0.3 is 0 Å². The molecule has 13 heavy (non-hydrogen) atoms. The van der Waals surface area contributed by atoms with Crippen molar-refractivity contribution in [2.24, 2.45) is 5.92 Å². The summed E-state index contributed by atoms with van der Waals surface area (Å²) >= 11 is 0. The first-order chi connectivity index (χ1) is 6.03. The Bertz CT molecular complexity index is 247. The molecular formula is C8H16O4S. The molecule has 0 aliphatic carbocycles. The van der Waals surface area contributed by atoms with Crippen molar-refractivity contribution in [3.63, 3.8) is 0 Å². The van der Waals surface area contributed by atoms with Crippen molar-refractivity contribution in [2.75, 3.05) is 25.2 Å². The van der Waals surface area contributed by atoms with Gasteiger partial charge in [-0.2, -0.15) is 0 Å². The van der Waals surface area contributed by atoms with Crippen LogP contribution in [0.2, 0.25) is 0 Å². The number of aliphatic hydroxyl groups is 1. The number of sulfone groups is 1. The summed E-state index contributed by atoms with van der Waals surface area (Å²) in [5.41, 5.74) is 0. The summed E-state index contributed by atoms with van der Waals surface area (Å²) in [7, 11) is -1.29. The lowest BCUT2D eigenvalue weighted by Gasteiger charge is -2.12. The Morgan fingerprint density at radius 1 is 1.62 bits per heavy atom. The molecule has 1 saturated heterocycles. The molecule has 4 nitrogen and oxygen atoms in total. The van der Waals surface area contributed by atoms with Crippen LogP contribution in [0.1, 0.15) is 12.8 Å². The zero-order valence-corrected chi connectivity index (χ0v) is 8.59. The second-order valence-electron chi connectivity index (χ2n) is 3.61. The van der Waals surface area contributed by atoms with Gasteiger partial charge in [0.1, 0.15) is 0 Å². The van der Waals surface area contributed by atoms with E-state index < -0.39 is 15.9 Å². The van der Waals surface area contributed by atoms with E-state index in [0.29, 0.717) is 12.8 Å². The van der Waals surface area contributed by atoms with Crippen LogP contribution in [-0.2, 0) is 14.6 Å². The summed E-state index contributed by atoms with van der Waals surface area (Å²) in [6, 6.07) is 0. The van der Waals surface area contributed by atoms with Crippen molar-refractivity contribution < 1.29 is 18.3 Å². The maximum atomic E-state index is 11.1. The highest BCUT2D eigenvalue weighted by Gasteiger charge is 2.29. The first-order valence-electron chi connectivity index (χ1n) is 4.41. The molecule has 1 rings (SSSR count). The third-order valence-electron chi connectivity index (χ3n) is 2.29. The van der Waals surface area contributed by atoms with E-state index in [9.17, 15) is 13.5 Å². The SMILES string of the molecule is COCC(O)CC1CCS(=O)(=O)C1. The second-order valence-corrected chi connectivity index (χ2v) is 5.84. The third-order valence-corrected chi connectivity index (χ3v) is 4.13. The fourth-order valence-corrected chi connectivity index (χ4v) is 3.58. The van der Waals surface area contributed by atoms with Crippen molar-refractivity contribution in [3.8, 4) is 0 Å². The minimum Gasteiger partial charge on any atom is -0.391 e. The van der Waals surface area contributed by atoms with Gasteiger partial charge in [0, 0.05) is 7.11 Å². The summed E-state index contributed by atoms with van der Waals surface area (Å²) in [6.07, 6.45) is 0.694. The highest BCUT2D eigenvalue weighted by molar-refractivity contribution is 7.91. The molecule has 5 heteroatoms. The maximum absolute atomic E-state index is 11.1. The topological polar surface area (TPSA) is 63.6 Å². The zero-order chi connectivity index (χ0) is 9.90. The highest BCUT2D eigenvalue weighted by atomic mass is 32.2. The minimum atomic E-state index is -2.81. The average Bonchev–Trinajstić information content (AvgIpc) is 2.30. The van der Waals surface area contributed by atoms with Crippen molar-refractivity contribution in [3.05, 3.63) is 0 Å². The van der Waals surface area contributed by atoms with Crippen LogP contribution >= 0.6 is 0 Å². The summed E-state index contributed by atoms with van der Waals surface area (Å²) in [6.45, 7) is 0.288. The Morgan fingerprint density at radius 2 is 2.31 bits per heavy atom. The molecule has 0 aromatic carbocycles. The normalized spacial score (nSPS) is 28.9. The van der Waals surface area contributed by atoms with Crippen molar-refractivity contribution in [1.82, 2.24) is 0 Å². The number of hydrogen-bond acceptors (Lipinski definition) is 4. The van der Waals surface area contributed by atoms with Gasteiger partial charge in [0.25, 0.3) is 0 Å². The van der Waals surface area contributed by atoms with E-state index in [4.69, 9.17) is 4.74 Å². The molecule has 78 valence electrons. The van der Waals surface area contributed by atoms with Gasteiger partial charge in [-0.15, -0.1) is 0 Å². The van der Waals surface area contributed by atoms with Crippen molar-refractivity contribution >= 4 is 9.84 Å². The smallest absolute Gasteiger partial charge is 0.150 e. The molecule has 0 aromatic heterocycles. The van der Waals surface area contributed by atoms with E-state index in [2.05, 4.69) is 0 Å². The van der Waals surface area contributed by atoms with Gasteiger partial charge in [0.15, 0.2) is 9.84 Å². The van der Waals surface area contributed by atoms with Gasteiger partial charge in [-0.1, -0.05) is 0 Å². The van der Waals surface area contributed by atoms with E-state index in [1.807, 2.05) is 0 Å². The Balaban J connectivity index is 2.32. The Morgan fingerprint density at radius 3 is 2.77 bits per heavy atom. The monoisotopic (exact) mass is 208 g/mol. The zero-order valence-electron chi connectivity index (χ0n) is 7.77. The molecule has 2 atom stereocenters. The largest absolute Gasteiger partial charge is 0.391 e. The van der Waals surface area contributed by atoms with Gasteiger partial charge in [-0.25, -0.2) is 8.42 Å². The van der Waals surface area contributed by atoms with Crippen LogP contribution in [0, 0.1) is 5.92 Å². The van der Waals surface area contributed by atoms with Crippen LogP contribution in [0.5, 0.6) is 0 Å². The lowest BCUT2D eigenvalue weighted by Crippen LogP contribution is -2.19. The van der Waals surface area contributed by atoms with Crippen LogP contribution in [0.15, 0.2) is 0 Å². The molecule has 0 saturated carbocycles. The third kappa shape index (κ3) is 3.62. The van der Waals surface area contributed by atoms with E-state index in [1.165, 1.54) is 7.11 Å². The summed E-state index contributed by atoms with van der Waals surface area (Å²) < 4.78 is 26.9. The highest BCUT2D eigenvalue weighted by Crippen LogP contribution is 2.22. The van der Waals surface area contributed by atoms with Crippen molar-refractivity contribution in [1.29, 1.82) is 0 Å². The maximum Gasteiger partial charge on any atom is 0.150 e. The van der Waals surface area contributed by atoms with Gasteiger partial charge in [0.2, 0.25) is 0 Å². The molecule has 1 fully saturated rings. The molecule has 0 bridgehead atoms. The van der Waals surface area contributed by atoms with Crippen LogP contribution in [0.25, 0.3) is 0 Å². The Labute approximate surface area is 78.8 Å². The van der Waals surface area contributed by atoms with Crippen LogP contribution in [0.4, 0.5) is 0 Å². The second kappa shape index (κ2) is 4.39. The molecule has 0 amide bonds. The number of ether oxygens (including phenoxy) is 1. The molecule has 1 aliphatic heterocycles. The quantitative estimate of drug-likeness (QED) is 0.696. The molecule has 2 unspecified atom stereocenters. The molecular weight excluding hydrogens is 192 g/mol. The first kappa shape index (κ1) is 10.9. The fraction of sp³-hybridized carbons (Fsp3) is 1.00. The predicted molar refractivity (Wildman–Crippen MR) is 49.3 cm³/mol. The standard InChI is InChI=1S/C8H16O4S/c1-12-5-8(9)4-7-2-3-13(10,11)6-7/h7-9H,2-6H2,1H3. The van der Waals surface area contributed by atoms with E-state index in [0.717, 1.165) is 0 Å². The number of aliphatic hydroxyl groups excluding tert-OH is 1. The minimum absolute atomic E-state index is 0.121. The van der Waals surface area contributed by atoms with Gasteiger partial charge < -0.3 is 9.84 Å². The first-order valence-corrected chi connectivity index (χ1v) is 6.23. The average molecular weight is 208 g/mol. The Hall–Kier alpha value is -0.130. The number of hydrogen-bond donors (Lipinski definition) is 1. The van der Waals surface area contributed by atoms with Gasteiger partial charge in [-0.3, -0.25) is 0 Å². The molecule has 1 heterocycles. The summed E-state index contributed by atoms with van der Waals surface area (Å²) in [5, 5.41) is 9.36. The van der Waals surface area contributed by atoms with E-state index in [-0.39, 0.29) is 24.0 Å². The molecule has 0 spiro atoms. The number of rotatable bonds is 4. The van der Waals surface area contributed by atoms with Crippen molar-refractivity contribution in [2.45, 2.75) is 18.9 Å². The summed E-state index contributed by atoms with van der Waals surface area (Å²) in [4.78, 5) is 0. The molecule has 0 aromatic rings. The van der Waals surface area contributed by atoms with Gasteiger partial charge in [-0.05, 0) is 18.8 Å². The van der Waals surface area contributed by atoms with Crippen LogP contribution < -0.4 is 0 Å². The van der Waals surface area contributed by atoms with E-state index in [1.54, 1.807) is 0 Å². The van der Waals surface area contributed by atoms with Crippen LogP contribution in [-0.4, -0.2) is 44.9 Å².